The minimum absolute atomic E-state index is 0.0940. The molecule has 10 heteroatoms. The number of nitrogens with zero attached hydrogens (tertiary/aromatic N) is 1. The quantitative estimate of drug-likeness (QED) is 0.324. The highest BCUT2D eigenvalue weighted by atomic mass is 32.2. The van der Waals surface area contributed by atoms with Gasteiger partial charge in [0.2, 0.25) is 10.0 Å². The van der Waals surface area contributed by atoms with E-state index in [0.29, 0.717) is 29.9 Å². The molecule has 2 aromatic rings. The van der Waals surface area contributed by atoms with Crippen molar-refractivity contribution in [3.8, 4) is 23.0 Å². The average Bonchev–Trinajstić information content (AvgIpc) is 2.83. The van der Waals surface area contributed by atoms with Crippen LogP contribution >= 0.6 is 0 Å². The first kappa shape index (κ1) is 24.5. The van der Waals surface area contributed by atoms with Gasteiger partial charge in [-0.15, -0.1) is 0 Å². The van der Waals surface area contributed by atoms with Crippen molar-refractivity contribution in [2.45, 2.75) is 24.7 Å². The van der Waals surface area contributed by atoms with Crippen molar-refractivity contribution in [2.75, 3.05) is 34.4 Å². The number of carbonyl (C=O) groups excluding carboxylic acids is 2. The number of hydrogen-bond donors (Lipinski definition) is 0. The first-order valence-corrected chi connectivity index (χ1v) is 11.8. The average molecular weight is 478 g/mol. The maximum Gasteiger partial charge on any atom is 0.314 e. The van der Waals surface area contributed by atoms with Crippen molar-refractivity contribution in [1.82, 2.24) is 4.31 Å². The second kappa shape index (κ2) is 10.2. The molecule has 0 aromatic heterocycles. The lowest BCUT2D eigenvalue weighted by atomic mass is 9.98. The van der Waals surface area contributed by atoms with Gasteiger partial charge in [-0.05, 0) is 50.1 Å². The van der Waals surface area contributed by atoms with Crippen LogP contribution < -0.4 is 18.9 Å². The fraction of sp³-hybridized carbons (Fsp3) is 0.391. The van der Waals surface area contributed by atoms with Gasteiger partial charge in [0, 0.05) is 24.7 Å². The number of ketones is 1. The molecule has 1 heterocycles. The summed E-state index contributed by atoms with van der Waals surface area (Å²) in [6, 6.07) is 9.03. The molecule has 0 radical (unpaired) electrons. The number of methoxy groups -OCH3 is 3. The maximum absolute atomic E-state index is 13.1. The van der Waals surface area contributed by atoms with Gasteiger partial charge in [-0.2, -0.15) is 4.31 Å². The number of Topliss-reactive ketones (excluding diaryl/α,β-unsaturated/α-hetero) is 1. The summed E-state index contributed by atoms with van der Waals surface area (Å²) in [7, 11) is 0.581. The van der Waals surface area contributed by atoms with Crippen molar-refractivity contribution in [3.05, 3.63) is 42.0 Å². The summed E-state index contributed by atoms with van der Waals surface area (Å²) in [5, 5.41) is 0. The van der Waals surface area contributed by atoms with Crippen LogP contribution in [0.25, 0.3) is 0 Å². The summed E-state index contributed by atoms with van der Waals surface area (Å²) in [5.74, 6) is 0.198. The molecule has 1 fully saturated rings. The summed E-state index contributed by atoms with van der Waals surface area (Å²) in [6.07, 6.45) is 0.637. The zero-order chi connectivity index (χ0) is 24.2. The molecule has 1 saturated heterocycles. The second-order valence-electron chi connectivity index (χ2n) is 7.54. The van der Waals surface area contributed by atoms with Crippen molar-refractivity contribution in [3.63, 3.8) is 0 Å². The predicted molar refractivity (Wildman–Crippen MR) is 120 cm³/mol. The van der Waals surface area contributed by atoms with Crippen LogP contribution in [0, 0.1) is 5.92 Å². The second-order valence-corrected chi connectivity index (χ2v) is 9.48. The highest BCUT2D eigenvalue weighted by Gasteiger charge is 2.33. The minimum atomic E-state index is -3.76. The molecule has 1 aliphatic heterocycles. The summed E-state index contributed by atoms with van der Waals surface area (Å²) in [6.45, 7) is 1.79. The first-order valence-electron chi connectivity index (χ1n) is 10.3. The number of rotatable bonds is 8. The zero-order valence-corrected chi connectivity index (χ0v) is 19.8. The Morgan fingerprint density at radius 3 is 2.00 bits per heavy atom. The smallest absolute Gasteiger partial charge is 0.314 e. The third-order valence-electron chi connectivity index (χ3n) is 5.56. The van der Waals surface area contributed by atoms with Crippen molar-refractivity contribution in [2.24, 2.45) is 5.92 Å². The standard InChI is InChI=1S/C23H27NO8S/c1-15(25)17-5-7-20(21(13-17)30-3)32-23(26)16-9-11-24(12-10-16)33(27,28)18-6-8-19(29-2)22(14-18)31-4/h5-8,13-14,16H,9-12H2,1-4H3. The van der Waals surface area contributed by atoms with E-state index >= 15 is 0 Å². The predicted octanol–water partition coefficient (Wildman–Crippen LogP) is 2.92. The fourth-order valence-electron chi connectivity index (χ4n) is 3.62. The summed E-state index contributed by atoms with van der Waals surface area (Å²) in [5.41, 5.74) is 0.445. The molecule has 3 rings (SSSR count). The Hall–Kier alpha value is -3.11. The van der Waals surface area contributed by atoms with Crippen LogP contribution in [0.15, 0.2) is 41.3 Å². The Bertz CT molecular complexity index is 1140. The van der Waals surface area contributed by atoms with E-state index in [4.69, 9.17) is 18.9 Å². The summed E-state index contributed by atoms with van der Waals surface area (Å²) in [4.78, 5) is 24.3. The molecule has 0 bridgehead atoms. The monoisotopic (exact) mass is 477 g/mol. The number of benzene rings is 2. The third kappa shape index (κ3) is 5.28. The Kier molecular flexibility index (Phi) is 7.60. The number of sulfonamides is 1. The SMILES string of the molecule is COc1ccc(S(=O)(=O)N2CCC(C(=O)Oc3ccc(C(C)=O)cc3OC)CC2)cc1OC. The van der Waals surface area contributed by atoms with Gasteiger partial charge in [-0.1, -0.05) is 0 Å². The zero-order valence-electron chi connectivity index (χ0n) is 19.0. The van der Waals surface area contributed by atoms with Crippen LogP contribution in [0.4, 0.5) is 0 Å². The largest absolute Gasteiger partial charge is 0.493 e. The normalized spacial score (nSPS) is 15.0. The molecule has 0 amide bonds. The van der Waals surface area contributed by atoms with Gasteiger partial charge in [0.15, 0.2) is 28.8 Å². The Labute approximate surface area is 193 Å². The number of esters is 1. The lowest BCUT2D eigenvalue weighted by Gasteiger charge is -2.30. The lowest BCUT2D eigenvalue weighted by Crippen LogP contribution is -2.41. The third-order valence-corrected chi connectivity index (χ3v) is 7.46. The van der Waals surface area contributed by atoms with Gasteiger partial charge in [-0.3, -0.25) is 9.59 Å². The highest BCUT2D eigenvalue weighted by Crippen LogP contribution is 2.33. The van der Waals surface area contributed by atoms with Crippen molar-refractivity contribution >= 4 is 21.8 Å². The number of piperidine rings is 1. The molecule has 33 heavy (non-hydrogen) atoms. The molecule has 0 aliphatic carbocycles. The van der Waals surface area contributed by atoms with Gasteiger partial charge in [0.05, 0.1) is 32.1 Å². The van der Waals surface area contributed by atoms with E-state index < -0.39 is 21.9 Å². The van der Waals surface area contributed by atoms with Crippen LogP contribution in [-0.2, 0) is 14.8 Å². The van der Waals surface area contributed by atoms with Crippen LogP contribution in [-0.4, -0.2) is 58.9 Å². The lowest BCUT2D eigenvalue weighted by molar-refractivity contribution is -0.140. The molecule has 0 spiro atoms. The molecule has 178 valence electrons. The van der Waals surface area contributed by atoms with E-state index in [1.807, 2.05) is 0 Å². The van der Waals surface area contributed by atoms with E-state index in [1.165, 1.54) is 56.8 Å². The van der Waals surface area contributed by atoms with Crippen molar-refractivity contribution < 1.29 is 37.0 Å². The molecular formula is C23H27NO8S. The number of ether oxygens (including phenoxy) is 4. The van der Waals surface area contributed by atoms with E-state index in [0.717, 1.165) is 0 Å². The van der Waals surface area contributed by atoms with Gasteiger partial charge in [0.25, 0.3) is 0 Å². The molecule has 1 aliphatic rings. The Balaban J connectivity index is 1.67. The van der Waals surface area contributed by atoms with E-state index in [1.54, 1.807) is 12.1 Å². The Morgan fingerprint density at radius 1 is 0.848 bits per heavy atom. The van der Waals surface area contributed by atoms with Crippen LogP contribution in [0.1, 0.15) is 30.1 Å². The summed E-state index contributed by atoms with van der Waals surface area (Å²) < 4.78 is 48.6. The van der Waals surface area contributed by atoms with Crippen LogP contribution in [0.5, 0.6) is 23.0 Å². The molecular weight excluding hydrogens is 450 g/mol. The van der Waals surface area contributed by atoms with E-state index in [-0.39, 0.29) is 35.3 Å². The van der Waals surface area contributed by atoms with E-state index in [9.17, 15) is 18.0 Å². The van der Waals surface area contributed by atoms with Crippen LogP contribution in [0.2, 0.25) is 0 Å². The minimum Gasteiger partial charge on any atom is -0.493 e. The number of hydrogen-bond acceptors (Lipinski definition) is 8. The maximum atomic E-state index is 13.1. The van der Waals surface area contributed by atoms with Crippen LogP contribution in [0.3, 0.4) is 0 Å². The molecule has 0 saturated carbocycles. The molecule has 2 aromatic carbocycles. The van der Waals surface area contributed by atoms with Gasteiger partial charge < -0.3 is 18.9 Å². The highest BCUT2D eigenvalue weighted by molar-refractivity contribution is 7.89. The van der Waals surface area contributed by atoms with Crippen molar-refractivity contribution in [1.29, 1.82) is 0 Å². The van der Waals surface area contributed by atoms with Gasteiger partial charge in [0.1, 0.15) is 0 Å². The number of carbonyl (C=O) groups is 2. The molecule has 9 nitrogen and oxygen atoms in total. The Morgan fingerprint density at radius 2 is 1.42 bits per heavy atom. The van der Waals surface area contributed by atoms with E-state index in [2.05, 4.69) is 0 Å². The van der Waals surface area contributed by atoms with Gasteiger partial charge in [-0.25, -0.2) is 8.42 Å². The topological polar surface area (TPSA) is 108 Å². The fourth-order valence-corrected chi connectivity index (χ4v) is 5.11. The summed E-state index contributed by atoms with van der Waals surface area (Å²) >= 11 is 0. The first-order chi connectivity index (χ1) is 15.7. The molecule has 0 unspecified atom stereocenters. The molecule has 0 N–H and O–H groups in total. The van der Waals surface area contributed by atoms with Gasteiger partial charge >= 0.3 is 5.97 Å². The molecule has 0 atom stereocenters.